The molecule has 0 saturated carbocycles. The van der Waals surface area contributed by atoms with E-state index in [1.807, 2.05) is 20.8 Å². The van der Waals surface area contributed by atoms with Crippen LogP contribution in [0.15, 0.2) is 30.9 Å². The number of amides is 1. The van der Waals surface area contributed by atoms with Crippen LogP contribution in [-0.4, -0.2) is 32.9 Å². The van der Waals surface area contributed by atoms with Crippen molar-refractivity contribution < 1.29 is 9.53 Å². The molecule has 2 rings (SSSR count). The van der Waals surface area contributed by atoms with Crippen LogP contribution >= 0.6 is 11.6 Å². The Morgan fingerprint density at radius 2 is 2.00 bits per heavy atom. The maximum absolute atomic E-state index is 11.9. The van der Waals surface area contributed by atoms with Gasteiger partial charge in [0.25, 0.3) is 5.91 Å². The SMILES string of the molecule is CC(C)(C)NC(=O)COc1ccc(Cl)cc1CNn1cnnc1. The van der Waals surface area contributed by atoms with Crippen LogP contribution in [0.5, 0.6) is 5.75 Å². The molecule has 23 heavy (non-hydrogen) atoms. The number of carbonyl (C=O) groups excluding carboxylic acids is 1. The molecule has 7 nitrogen and oxygen atoms in total. The number of ether oxygens (including phenoxy) is 1. The van der Waals surface area contributed by atoms with E-state index < -0.39 is 0 Å². The van der Waals surface area contributed by atoms with Gasteiger partial charge >= 0.3 is 0 Å². The molecule has 0 aliphatic heterocycles. The zero-order chi connectivity index (χ0) is 16.9. The summed E-state index contributed by atoms with van der Waals surface area (Å²) in [5.41, 5.74) is 3.62. The van der Waals surface area contributed by atoms with Crippen LogP contribution in [0.1, 0.15) is 26.3 Å². The molecule has 2 N–H and O–H groups in total. The minimum absolute atomic E-state index is 0.0570. The Kier molecular flexibility index (Phi) is 5.44. The van der Waals surface area contributed by atoms with Crippen LogP contribution in [0.3, 0.4) is 0 Å². The smallest absolute Gasteiger partial charge is 0.258 e. The van der Waals surface area contributed by atoms with Gasteiger partial charge < -0.3 is 15.5 Å². The predicted molar refractivity (Wildman–Crippen MR) is 87.9 cm³/mol. The van der Waals surface area contributed by atoms with E-state index in [0.717, 1.165) is 5.56 Å². The molecule has 8 heteroatoms. The van der Waals surface area contributed by atoms with Crippen LogP contribution in [0.2, 0.25) is 5.02 Å². The van der Waals surface area contributed by atoms with Gasteiger partial charge in [-0.15, -0.1) is 10.2 Å². The maximum atomic E-state index is 11.9. The molecular weight excluding hydrogens is 318 g/mol. The number of halogens is 1. The second-order valence-corrected chi connectivity index (χ2v) is 6.48. The highest BCUT2D eigenvalue weighted by molar-refractivity contribution is 6.30. The molecule has 1 aromatic heterocycles. The number of nitrogens with zero attached hydrogens (tertiary/aromatic N) is 3. The first-order valence-corrected chi connectivity index (χ1v) is 7.52. The Bertz CT molecular complexity index is 652. The second-order valence-electron chi connectivity index (χ2n) is 6.04. The summed E-state index contributed by atoms with van der Waals surface area (Å²) < 4.78 is 7.24. The van der Waals surface area contributed by atoms with Crippen molar-refractivity contribution in [2.45, 2.75) is 32.9 Å². The van der Waals surface area contributed by atoms with Gasteiger partial charge in [-0.2, -0.15) is 0 Å². The Balaban J connectivity index is 1.99. The Morgan fingerprint density at radius 1 is 1.30 bits per heavy atom. The summed E-state index contributed by atoms with van der Waals surface area (Å²) in [6.07, 6.45) is 3.09. The molecule has 0 saturated heterocycles. The minimum Gasteiger partial charge on any atom is -0.483 e. The summed E-state index contributed by atoms with van der Waals surface area (Å²) in [4.78, 5) is 11.9. The number of benzene rings is 1. The lowest BCUT2D eigenvalue weighted by molar-refractivity contribution is -0.124. The van der Waals surface area contributed by atoms with Gasteiger partial charge in [-0.25, -0.2) is 4.68 Å². The summed E-state index contributed by atoms with van der Waals surface area (Å²) in [7, 11) is 0. The first-order valence-electron chi connectivity index (χ1n) is 7.14. The lowest BCUT2D eigenvalue weighted by atomic mass is 10.1. The molecule has 0 unspecified atom stereocenters. The second kappa shape index (κ2) is 7.32. The van der Waals surface area contributed by atoms with Crippen molar-refractivity contribution in [2.24, 2.45) is 0 Å². The topological polar surface area (TPSA) is 81.1 Å². The molecule has 0 spiro atoms. The summed E-state index contributed by atoms with van der Waals surface area (Å²) in [5.74, 6) is 0.421. The average molecular weight is 338 g/mol. The van der Waals surface area contributed by atoms with E-state index in [-0.39, 0.29) is 18.1 Å². The molecule has 0 fully saturated rings. The molecule has 1 heterocycles. The van der Waals surface area contributed by atoms with Crippen LogP contribution < -0.4 is 15.5 Å². The van der Waals surface area contributed by atoms with Crippen molar-refractivity contribution in [1.29, 1.82) is 0 Å². The molecule has 124 valence electrons. The highest BCUT2D eigenvalue weighted by Crippen LogP contribution is 2.23. The first kappa shape index (κ1) is 17.1. The van der Waals surface area contributed by atoms with Crippen molar-refractivity contribution in [2.75, 3.05) is 12.0 Å². The van der Waals surface area contributed by atoms with E-state index >= 15 is 0 Å². The number of rotatable bonds is 6. The van der Waals surface area contributed by atoms with Crippen LogP contribution in [0, 0.1) is 0 Å². The molecule has 0 aliphatic carbocycles. The number of hydrogen-bond donors (Lipinski definition) is 2. The summed E-state index contributed by atoms with van der Waals surface area (Å²) in [5, 5.41) is 10.9. The quantitative estimate of drug-likeness (QED) is 0.842. The largest absolute Gasteiger partial charge is 0.483 e. The van der Waals surface area contributed by atoms with E-state index in [1.54, 1.807) is 35.5 Å². The Labute approximate surface area is 140 Å². The van der Waals surface area contributed by atoms with E-state index in [2.05, 4.69) is 20.9 Å². The number of carbonyl (C=O) groups is 1. The zero-order valence-electron chi connectivity index (χ0n) is 13.3. The fraction of sp³-hybridized carbons (Fsp3) is 0.400. The van der Waals surface area contributed by atoms with Gasteiger partial charge in [0.2, 0.25) is 0 Å². The third kappa shape index (κ3) is 5.78. The normalized spacial score (nSPS) is 11.1. The summed E-state index contributed by atoms with van der Waals surface area (Å²) >= 11 is 6.03. The van der Waals surface area contributed by atoms with Gasteiger partial charge in [-0.1, -0.05) is 11.6 Å². The van der Waals surface area contributed by atoms with Crippen molar-refractivity contribution in [1.82, 2.24) is 20.2 Å². The fourth-order valence-electron chi connectivity index (χ4n) is 1.88. The first-order chi connectivity index (χ1) is 10.8. The third-order valence-electron chi connectivity index (χ3n) is 2.77. The van der Waals surface area contributed by atoms with Crippen molar-refractivity contribution in [3.05, 3.63) is 41.4 Å². The molecular formula is C15H20ClN5O2. The van der Waals surface area contributed by atoms with E-state index in [9.17, 15) is 4.79 Å². The zero-order valence-corrected chi connectivity index (χ0v) is 14.1. The Morgan fingerprint density at radius 3 is 2.65 bits per heavy atom. The van der Waals surface area contributed by atoms with Crippen molar-refractivity contribution >= 4 is 17.5 Å². The van der Waals surface area contributed by atoms with Gasteiger partial charge in [0, 0.05) is 16.1 Å². The van der Waals surface area contributed by atoms with Crippen LogP contribution in [0.4, 0.5) is 0 Å². The van der Waals surface area contributed by atoms with Gasteiger partial charge in [0.15, 0.2) is 6.61 Å². The molecule has 1 aromatic carbocycles. The van der Waals surface area contributed by atoms with E-state index in [0.29, 0.717) is 17.3 Å². The average Bonchev–Trinajstić information content (AvgIpc) is 2.95. The highest BCUT2D eigenvalue weighted by Gasteiger charge is 2.14. The molecule has 1 amide bonds. The van der Waals surface area contributed by atoms with Gasteiger partial charge in [0.1, 0.15) is 18.4 Å². The molecule has 0 aliphatic rings. The summed E-state index contributed by atoms with van der Waals surface area (Å²) in [6.45, 7) is 6.15. The lowest BCUT2D eigenvalue weighted by Gasteiger charge is -2.21. The van der Waals surface area contributed by atoms with Crippen LogP contribution in [-0.2, 0) is 11.3 Å². The molecule has 0 bridgehead atoms. The highest BCUT2D eigenvalue weighted by atomic mass is 35.5. The van der Waals surface area contributed by atoms with Gasteiger partial charge in [0.05, 0.1) is 6.54 Å². The molecule has 0 radical (unpaired) electrons. The maximum Gasteiger partial charge on any atom is 0.258 e. The Hall–Kier alpha value is -2.28. The standard InChI is InChI=1S/C15H20ClN5O2/c1-15(2,3)20-14(22)8-23-13-5-4-12(16)6-11(13)7-19-21-9-17-18-10-21/h4-6,9-10,19H,7-8H2,1-3H3,(H,20,22). The third-order valence-corrected chi connectivity index (χ3v) is 3.00. The number of nitrogens with one attached hydrogen (secondary N) is 2. The van der Waals surface area contributed by atoms with Crippen molar-refractivity contribution in [3.8, 4) is 5.75 Å². The van der Waals surface area contributed by atoms with Gasteiger partial charge in [-0.05, 0) is 39.0 Å². The molecule has 2 aromatic rings. The van der Waals surface area contributed by atoms with E-state index in [4.69, 9.17) is 16.3 Å². The molecule has 0 atom stereocenters. The van der Waals surface area contributed by atoms with E-state index in [1.165, 1.54) is 0 Å². The van der Waals surface area contributed by atoms with Gasteiger partial charge in [-0.3, -0.25) is 4.79 Å². The monoisotopic (exact) mass is 337 g/mol. The lowest BCUT2D eigenvalue weighted by Crippen LogP contribution is -2.43. The fourth-order valence-corrected chi connectivity index (χ4v) is 2.08. The minimum atomic E-state index is -0.292. The number of hydrogen-bond acceptors (Lipinski definition) is 5. The van der Waals surface area contributed by atoms with Crippen molar-refractivity contribution in [3.63, 3.8) is 0 Å². The number of aromatic nitrogens is 3. The predicted octanol–water partition coefficient (Wildman–Crippen LogP) is 1.97. The van der Waals surface area contributed by atoms with Crippen LogP contribution in [0.25, 0.3) is 0 Å². The summed E-state index contributed by atoms with van der Waals surface area (Å²) in [6, 6.07) is 5.26.